The highest BCUT2D eigenvalue weighted by atomic mass is 15.2. The largest absolute Gasteiger partial charge is 0.253 e. The Kier molecular flexibility index (Phi) is 4.87. The molecule has 2 aromatic heterocycles. The van der Waals surface area contributed by atoms with Crippen LogP contribution >= 0.6 is 0 Å². The molecule has 0 unspecified atom stereocenters. The van der Waals surface area contributed by atoms with E-state index in [2.05, 4.69) is 46.6 Å². The first-order valence-electron chi connectivity index (χ1n) is 7.82. The summed E-state index contributed by atoms with van der Waals surface area (Å²) in [6.45, 7) is 7.61. The topological polar surface area (TPSA) is 51.6 Å². The fraction of sp³-hybridized carbons (Fsp3) is 0.100. The Hall–Kier alpha value is -3.14. The van der Waals surface area contributed by atoms with E-state index in [1.54, 1.807) is 18.3 Å². The third kappa shape index (κ3) is 3.27. The molecule has 0 aromatic carbocycles. The maximum absolute atomic E-state index is 4.74. The molecule has 3 rings (SSSR count). The van der Waals surface area contributed by atoms with Crippen molar-refractivity contribution in [1.29, 1.82) is 0 Å². The molecule has 0 spiro atoms. The number of hydrogen-bond acceptors (Lipinski definition) is 4. The van der Waals surface area contributed by atoms with Gasteiger partial charge in [-0.25, -0.2) is 4.98 Å². The van der Waals surface area contributed by atoms with Crippen LogP contribution in [0.4, 0.5) is 0 Å². The SMILES string of the molecule is C=C/C=C(\C=C)c1nnc(-c2ccccn2)nc1C1=CCCC=C1. The van der Waals surface area contributed by atoms with Crippen molar-refractivity contribution in [2.75, 3.05) is 0 Å². The predicted octanol–water partition coefficient (Wildman–Crippen LogP) is 4.42. The molecule has 2 heterocycles. The summed E-state index contributed by atoms with van der Waals surface area (Å²) in [6, 6.07) is 5.65. The molecule has 2 aromatic rings. The molecule has 4 nitrogen and oxygen atoms in total. The molecule has 118 valence electrons. The van der Waals surface area contributed by atoms with Crippen LogP contribution in [0.2, 0.25) is 0 Å². The minimum Gasteiger partial charge on any atom is -0.253 e. The van der Waals surface area contributed by atoms with E-state index in [1.807, 2.05) is 24.3 Å². The number of rotatable bonds is 5. The minimum atomic E-state index is 0.510. The zero-order valence-electron chi connectivity index (χ0n) is 13.4. The highest BCUT2D eigenvalue weighted by molar-refractivity contribution is 5.84. The summed E-state index contributed by atoms with van der Waals surface area (Å²) < 4.78 is 0. The Morgan fingerprint density at radius 3 is 2.71 bits per heavy atom. The standard InChI is InChI=1S/C20H18N4/c1-3-10-15(4-2)19-18(16-11-6-5-7-12-16)22-20(24-23-19)17-13-8-9-14-21-17/h3-4,6,8-14H,1-2,5,7H2/b15-10+. The van der Waals surface area contributed by atoms with Crippen molar-refractivity contribution in [2.45, 2.75) is 12.8 Å². The van der Waals surface area contributed by atoms with Gasteiger partial charge < -0.3 is 0 Å². The van der Waals surface area contributed by atoms with E-state index in [0.29, 0.717) is 17.2 Å². The second-order valence-corrected chi connectivity index (χ2v) is 5.25. The highest BCUT2D eigenvalue weighted by Gasteiger charge is 2.16. The smallest absolute Gasteiger partial charge is 0.201 e. The number of aromatic nitrogens is 4. The number of pyridine rings is 1. The van der Waals surface area contributed by atoms with E-state index >= 15 is 0 Å². The second kappa shape index (κ2) is 7.42. The van der Waals surface area contributed by atoms with E-state index in [4.69, 9.17) is 4.98 Å². The Bertz CT molecular complexity index is 845. The van der Waals surface area contributed by atoms with Crippen LogP contribution in [-0.2, 0) is 0 Å². The van der Waals surface area contributed by atoms with Crippen molar-refractivity contribution in [3.63, 3.8) is 0 Å². The van der Waals surface area contributed by atoms with Gasteiger partial charge in [0, 0.05) is 11.8 Å². The van der Waals surface area contributed by atoms with Crippen LogP contribution in [-0.4, -0.2) is 20.2 Å². The van der Waals surface area contributed by atoms with Crippen LogP contribution in [0.1, 0.15) is 24.2 Å². The van der Waals surface area contributed by atoms with Crippen LogP contribution in [0.5, 0.6) is 0 Å². The normalized spacial score (nSPS) is 14.2. The zero-order valence-corrected chi connectivity index (χ0v) is 13.4. The van der Waals surface area contributed by atoms with Gasteiger partial charge in [-0.2, -0.15) is 0 Å². The molecule has 0 aliphatic heterocycles. The lowest BCUT2D eigenvalue weighted by Gasteiger charge is -2.12. The van der Waals surface area contributed by atoms with Crippen molar-refractivity contribution in [3.05, 3.63) is 85.4 Å². The van der Waals surface area contributed by atoms with Gasteiger partial charge in [0.25, 0.3) is 0 Å². The molecule has 0 saturated carbocycles. The van der Waals surface area contributed by atoms with Gasteiger partial charge in [-0.1, -0.05) is 55.7 Å². The van der Waals surface area contributed by atoms with Crippen LogP contribution in [0.3, 0.4) is 0 Å². The summed E-state index contributed by atoms with van der Waals surface area (Å²) in [5.41, 5.74) is 4.07. The Labute approximate surface area is 141 Å². The molecule has 0 radical (unpaired) electrons. The van der Waals surface area contributed by atoms with Crippen molar-refractivity contribution >= 4 is 11.1 Å². The molecule has 0 N–H and O–H groups in total. The Morgan fingerprint density at radius 2 is 2.04 bits per heavy atom. The van der Waals surface area contributed by atoms with Gasteiger partial charge in [0.1, 0.15) is 17.1 Å². The molecule has 1 aliphatic rings. The van der Waals surface area contributed by atoms with Crippen LogP contribution in [0.15, 0.2) is 74.0 Å². The van der Waals surface area contributed by atoms with E-state index in [0.717, 1.165) is 29.7 Å². The average molecular weight is 314 g/mol. The predicted molar refractivity (Wildman–Crippen MR) is 97.8 cm³/mol. The molecule has 0 atom stereocenters. The summed E-state index contributed by atoms with van der Waals surface area (Å²) in [6.07, 6.45) is 15.5. The summed E-state index contributed by atoms with van der Waals surface area (Å²) in [7, 11) is 0. The first kappa shape index (κ1) is 15.7. The molecule has 1 aliphatic carbocycles. The van der Waals surface area contributed by atoms with Crippen LogP contribution in [0.25, 0.3) is 22.7 Å². The van der Waals surface area contributed by atoms with E-state index in [9.17, 15) is 0 Å². The molecule has 0 bridgehead atoms. The molecule has 24 heavy (non-hydrogen) atoms. The van der Waals surface area contributed by atoms with Crippen LogP contribution < -0.4 is 0 Å². The molecule has 0 fully saturated rings. The van der Waals surface area contributed by atoms with Crippen molar-refractivity contribution < 1.29 is 0 Å². The molecule has 0 saturated heterocycles. The number of hydrogen-bond donors (Lipinski definition) is 0. The number of nitrogens with zero attached hydrogens (tertiary/aromatic N) is 4. The maximum Gasteiger partial charge on any atom is 0.201 e. The quantitative estimate of drug-likeness (QED) is 0.766. The Balaban J connectivity index is 2.18. The molecular weight excluding hydrogens is 296 g/mol. The summed E-state index contributed by atoms with van der Waals surface area (Å²) >= 11 is 0. The molecule has 4 heteroatoms. The lowest BCUT2D eigenvalue weighted by Crippen LogP contribution is -2.05. The van der Waals surface area contributed by atoms with Gasteiger partial charge in [0.2, 0.25) is 5.82 Å². The number of allylic oxidation sites excluding steroid dienone is 8. The van der Waals surface area contributed by atoms with Crippen molar-refractivity contribution in [3.8, 4) is 11.5 Å². The first-order valence-corrected chi connectivity index (χ1v) is 7.82. The van der Waals surface area contributed by atoms with Gasteiger partial charge in [-0.3, -0.25) is 4.98 Å². The van der Waals surface area contributed by atoms with E-state index in [1.165, 1.54) is 0 Å². The Morgan fingerprint density at radius 1 is 1.12 bits per heavy atom. The minimum absolute atomic E-state index is 0.510. The highest BCUT2D eigenvalue weighted by Crippen LogP contribution is 2.27. The molecular formula is C20H18N4. The van der Waals surface area contributed by atoms with Gasteiger partial charge in [-0.05, 0) is 30.5 Å². The third-order valence-corrected chi connectivity index (χ3v) is 3.64. The summed E-state index contributed by atoms with van der Waals surface area (Å²) in [5, 5.41) is 8.66. The van der Waals surface area contributed by atoms with Gasteiger partial charge in [0.15, 0.2) is 0 Å². The van der Waals surface area contributed by atoms with Crippen molar-refractivity contribution in [1.82, 2.24) is 20.2 Å². The summed E-state index contributed by atoms with van der Waals surface area (Å²) in [4.78, 5) is 9.05. The first-order chi connectivity index (χ1) is 11.8. The lowest BCUT2D eigenvalue weighted by atomic mass is 9.99. The second-order valence-electron chi connectivity index (χ2n) is 5.25. The average Bonchev–Trinajstić information content (AvgIpc) is 2.67. The van der Waals surface area contributed by atoms with Gasteiger partial charge in [-0.15, -0.1) is 10.2 Å². The van der Waals surface area contributed by atoms with Crippen molar-refractivity contribution in [2.24, 2.45) is 0 Å². The fourth-order valence-electron chi connectivity index (χ4n) is 2.48. The van der Waals surface area contributed by atoms with Gasteiger partial charge >= 0.3 is 0 Å². The monoisotopic (exact) mass is 314 g/mol. The van der Waals surface area contributed by atoms with Crippen LogP contribution in [0, 0.1) is 0 Å². The van der Waals surface area contributed by atoms with E-state index in [-0.39, 0.29) is 0 Å². The third-order valence-electron chi connectivity index (χ3n) is 3.64. The summed E-state index contributed by atoms with van der Waals surface area (Å²) in [5.74, 6) is 0.510. The molecule has 0 amide bonds. The maximum atomic E-state index is 4.74. The fourth-order valence-corrected chi connectivity index (χ4v) is 2.48. The zero-order chi connectivity index (χ0) is 16.8. The van der Waals surface area contributed by atoms with Gasteiger partial charge in [0.05, 0.1) is 0 Å². The van der Waals surface area contributed by atoms with E-state index < -0.39 is 0 Å². The lowest BCUT2D eigenvalue weighted by molar-refractivity contribution is 0.940.